The van der Waals surface area contributed by atoms with E-state index in [0.29, 0.717) is 15.5 Å². The van der Waals surface area contributed by atoms with E-state index in [4.69, 9.17) is 11.6 Å². The van der Waals surface area contributed by atoms with Crippen LogP contribution in [0.15, 0.2) is 21.9 Å². The van der Waals surface area contributed by atoms with Gasteiger partial charge in [-0.05, 0) is 24.0 Å². The third-order valence-electron chi connectivity index (χ3n) is 2.79. The predicted octanol–water partition coefficient (Wildman–Crippen LogP) is 2.74. The molecule has 0 radical (unpaired) electrons. The summed E-state index contributed by atoms with van der Waals surface area (Å²) in [5, 5.41) is 9.77. The second kappa shape index (κ2) is 5.41. The number of aliphatic hydroxyl groups excluding tert-OH is 1. The Morgan fingerprint density at radius 2 is 1.94 bits per heavy atom. The van der Waals surface area contributed by atoms with Crippen LogP contribution in [0, 0.1) is 0 Å². The summed E-state index contributed by atoms with van der Waals surface area (Å²) in [5.74, 6) is 0. The maximum absolute atomic E-state index is 11.8. The average Bonchev–Trinajstić information content (AvgIpc) is 2.26. The largest absolute Gasteiger partial charge is 0.395 e. The molecule has 0 fully saturated rings. The summed E-state index contributed by atoms with van der Waals surface area (Å²) in [6.07, 6.45) is 2.95. The molecular formula is C12H17ClO3S2. The van der Waals surface area contributed by atoms with Gasteiger partial charge >= 0.3 is 0 Å². The Hall–Kier alpha value is -0.230. The minimum Gasteiger partial charge on any atom is -0.395 e. The van der Waals surface area contributed by atoms with Gasteiger partial charge in [-0.15, -0.1) is 11.8 Å². The van der Waals surface area contributed by atoms with Gasteiger partial charge in [-0.2, -0.15) is 0 Å². The minimum absolute atomic E-state index is 0.0782. The number of benzene rings is 1. The molecule has 3 nitrogen and oxygen atoms in total. The predicted molar refractivity (Wildman–Crippen MR) is 76.5 cm³/mol. The second-order valence-electron chi connectivity index (χ2n) is 4.80. The second-order valence-corrected chi connectivity index (χ2v) is 8.01. The van der Waals surface area contributed by atoms with Gasteiger partial charge in [0.25, 0.3) is 0 Å². The van der Waals surface area contributed by atoms with Crippen LogP contribution in [-0.2, 0) is 15.3 Å². The molecule has 6 heteroatoms. The highest BCUT2D eigenvalue weighted by atomic mass is 35.5. The topological polar surface area (TPSA) is 54.4 Å². The molecule has 1 aromatic carbocycles. The highest BCUT2D eigenvalue weighted by Gasteiger charge is 2.25. The Bertz CT molecular complexity index is 551. The fraction of sp³-hybridized carbons (Fsp3) is 0.500. The van der Waals surface area contributed by atoms with Gasteiger partial charge < -0.3 is 5.11 Å². The van der Waals surface area contributed by atoms with Crippen LogP contribution in [0.25, 0.3) is 0 Å². The first-order valence-corrected chi connectivity index (χ1v) is 8.82. The molecule has 1 N–H and O–H groups in total. The van der Waals surface area contributed by atoms with Crippen LogP contribution in [0.2, 0.25) is 5.02 Å². The van der Waals surface area contributed by atoms with Crippen molar-refractivity contribution in [1.82, 2.24) is 0 Å². The van der Waals surface area contributed by atoms with E-state index in [1.807, 2.05) is 13.8 Å². The summed E-state index contributed by atoms with van der Waals surface area (Å²) >= 11 is 7.44. The Kier molecular flexibility index (Phi) is 4.76. The van der Waals surface area contributed by atoms with Crippen LogP contribution in [-0.4, -0.2) is 32.6 Å². The summed E-state index contributed by atoms with van der Waals surface area (Å²) in [4.78, 5) is 0.774. The van der Waals surface area contributed by atoms with Crippen LogP contribution in [0.4, 0.5) is 0 Å². The highest BCUT2D eigenvalue weighted by Crippen LogP contribution is 2.36. The van der Waals surface area contributed by atoms with E-state index in [0.717, 1.165) is 6.26 Å². The fourth-order valence-electron chi connectivity index (χ4n) is 1.52. The standard InChI is InChI=1S/C12H17ClO3S2/c1-12(2,7-14)8-5-9(13)11(17-3)10(6-8)18(4,15)16/h5-6,14H,7H2,1-4H3. The van der Waals surface area contributed by atoms with E-state index in [9.17, 15) is 13.5 Å². The van der Waals surface area contributed by atoms with Crippen molar-refractivity contribution in [2.45, 2.75) is 29.1 Å². The number of halogens is 1. The molecular weight excluding hydrogens is 292 g/mol. The van der Waals surface area contributed by atoms with Crippen molar-refractivity contribution in [3.8, 4) is 0 Å². The smallest absolute Gasteiger partial charge is 0.176 e. The third kappa shape index (κ3) is 3.20. The van der Waals surface area contributed by atoms with Crippen molar-refractivity contribution >= 4 is 33.2 Å². The van der Waals surface area contributed by atoms with Gasteiger partial charge in [0.05, 0.1) is 16.5 Å². The van der Waals surface area contributed by atoms with Crippen LogP contribution in [0.3, 0.4) is 0 Å². The first kappa shape index (κ1) is 15.8. The molecule has 0 aliphatic rings. The molecule has 0 saturated carbocycles. The van der Waals surface area contributed by atoms with Crippen LogP contribution < -0.4 is 0 Å². The lowest BCUT2D eigenvalue weighted by atomic mass is 9.86. The SMILES string of the molecule is CSc1c(Cl)cc(C(C)(C)CO)cc1S(C)(=O)=O. The van der Waals surface area contributed by atoms with Gasteiger partial charge in [0.15, 0.2) is 9.84 Å². The quantitative estimate of drug-likeness (QED) is 0.869. The lowest BCUT2D eigenvalue weighted by Crippen LogP contribution is -2.22. The number of hydrogen-bond acceptors (Lipinski definition) is 4. The summed E-state index contributed by atoms with van der Waals surface area (Å²) in [6.45, 7) is 3.60. The molecule has 0 aliphatic carbocycles. The van der Waals surface area contributed by atoms with Crippen molar-refractivity contribution in [1.29, 1.82) is 0 Å². The molecule has 0 aliphatic heterocycles. The third-order valence-corrected chi connectivity index (χ3v) is 5.30. The number of rotatable bonds is 4. The fourth-order valence-corrected chi connectivity index (χ4v) is 4.04. The van der Waals surface area contributed by atoms with Gasteiger partial charge in [-0.3, -0.25) is 0 Å². The molecule has 0 atom stereocenters. The molecule has 0 spiro atoms. The lowest BCUT2D eigenvalue weighted by molar-refractivity contribution is 0.218. The van der Waals surface area contributed by atoms with Gasteiger partial charge in [0.2, 0.25) is 0 Å². The van der Waals surface area contributed by atoms with Crippen LogP contribution >= 0.6 is 23.4 Å². The number of thioether (sulfide) groups is 1. The number of hydrogen-bond donors (Lipinski definition) is 1. The Morgan fingerprint density at radius 3 is 2.33 bits per heavy atom. The molecule has 0 bridgehead atoms. The average molecular weight is 309 g/mol. The number of sulfone groups is 1. The molecule has 0 unspecified atom stereocenters. The van der Waals surface area contributed by atoms with Crippen LogP contribution in [0.1, 0.15) is 19.4 Å². The van der Waals surface area contributed by atoms with Gasteiger partial charge in [0, 0.05) is 16.6 Å². The van der Waals surface area contributed by atoms with Crippen molar-refractivity contribution in [3.63, 3.8) is 0 Å². The van der Waals surface area contributed by atoms with E-state index >= 15 is 0 Å². The molecule has 102 valence electrons. The monoisotopic (exact) mass is 308 g/mol. The van der Waals surface area contributed by atoms with Crippen molar-refractivity contribution in [2.24, 2.45) is 0 Å². The van der Waals surface area contributed by atoms with Gasteiger partial charge in [0.1, 0.15) is 0 Å². The molecule has 0 aromatic heterocycles. The summed E-state index contributed by atoms with van der Waals surface area (Å²) < 4.78 is 23.6. The first-order valence-electron chi connectivity index (χ1n) is 5.32. The first-order chi connectivity index (χ1) is 8.13. The van der Waals surface area contributed by atoms with E-state index in [-0.39, 0.29) is 11.5 Å². The summed E-state index contributed by atoms with van der Waals surface area (Å²) in [5.41, 5.74) is 0.188. The van der Waals surface area contributed by atoms with Crippen molar-refractivity contribution in [2.75, 3.05) is 19.1 Å². The normalized spacial score (nSPS) is 12.8. The molecule has 1 rings (SSSR count). The Balaban J connectivity index is 3.60. The van der Waals surface area contributed by atoms with Crippen molar-refractivity contribution in [3.05, 3.63) is 22.7 Å². The molecule has 1 aromatic rings. The zero-order chi connectivity index (χ0) is 14.1. The van der Waals surface area contributed by atoms with E-state index in [2.05, 4.69) is 0 Å². The Morgan fingerprint density at radius 1 is 1.39 bits per heavy atom. The molecule has 0 amide bonds. The van der Waals surface area contributed by atoms with E-state index < -0.39 is 15.3 Å². The Labute approximate surface area is 117 Å². The minimum atomic E-state index is -3.35. The lowest BCUT2D eigenvalue weighted by Gasteiger charge is -2.24. The van der Waals surface area contributed by atoms with E-state index in [1.165, 1.54) is 11.8 Å². The maximum atomic E-state index is 11.8. The van der Waals surface area contributed by atoms with E-state index in [1.54, 1.807) is 18.4 Å². The zero-order valence-electron chi connectivity index (χ0n) is 10.8. The molecule has 0 saturated heterocycles. The summed E-state index contributed by atoms with van der Waals surface area (Å²) in [7, 11) is -3.35. The maximum Gasteiger partial charge on any atom is 0.176 e. The number of aliphatic hydroxyl groups is 1. The van der Waals surface area contributed by atoms with Gasteiger partial charge in [-0.1, -0.05) is 25.4 Å². The highest BCUT2D eigenvalue weighted by molar-refractivity contribution is 7.99. The molecule has 18 heavy (non-hydrogen) atoms. The molecule has 0 heterocycles. The summed E-state index contributed by atoms with van der Waals surface area (Å²) in [6, 6.07) is 3.32. The van der Waals surface area contributed by atoms with Crippen LogP contribution in [0.5, 0.6) is 0 Å². The van der Waals surface area contributed by atoms with Gasteiger partial charge in [-0.25, -0.2) is 8.42 Å². The zero-order valence-corrected chi connectivity index (χ0v) is 13.2. The van der Waals surface area contributed by atoms with Crippen molar-refractivity contribution < 1.29 is 13.5 Å².